The van der Waals surface area contributed by atoms with Crippen molar-refractivity contribution >= 4 is 17.0 Å². The number of carboxylic acid groups (broad SMARTS) is 1. The van der Waals surface area contributed by atoms with Crippen LogP contribution in [0.5, 0.6) is 0 Å². The Kier molecular flexibility index (Phi) is 3.92. The first-order valence-corrected chi connectivity index (χ1v) is 7.33. The molecule has 3 rings (SSSR count). The Labute approximate surface area is 129 Å². The van der Waals surface area contributed by atoms with Crippen molar-refractivity contribution in [1.29, 1.82) is 0 Å². The molecule has 112 valence electrons. The van der Waals surface area contributed by atoms with Gasteiger partial charge >= 0.3 is 5.97 Å². The molecule has 0 aliphatic heterocycles. The van der Waals surface area contributed by atoms with E-state index in [0.717, 1.165) is 35.3 Å². The number of carbonyl (C=O) groups is 1. The predicted octanol–water partition coefficient (Wildman–Crippen LogP) is 2.99. The molecule has 0 fully saturated rings. The van der Waals surface area contributed by atoms with Gasteiger partial charge in [-0.25, -0.2) is 4.98 Å². The van der Waals surface area contributed by atoms with E-state index in [9.17, 15) is 4.79 Å². The van der Waals surface area contributed by atoms with E-state index in [-0.39, 0.29) is 6.42 Å². The van der Waals surface area contributed by atoms with Crippen LogP contribution >= 0.6 is 0 Å². The molecule has 4 nitrogen and oxygen atoms in total. The average molecular weight is 294 g/mol. The largest absolute Gasteiger partial charge is 0.481 e. The number of hydrogen-bond acceptors (Lipinski definition) is 2. The van der Waals surface area contributed by atoms with Crippen molar-refractivity contribution in [2.75, 3.05) is 0 Å². The Morgan fingerprint density at radius 3 is 2.59 bits per heavy atom. The SMILES string of the molecule is Cn1c(CCc2ccccc2)nc2cc(CC(=O)O)ccc21. The molecule has 0 unspecified atom stereocenters. The topological polar surface area (TPSA) is 55.1 Å². The van der Waals surface area contributed by atoms with Gasteiger partial charge in [0, 0.05) is 13.5 Å². The van der Waals surface area contributed by atoms with Crippen molar-refractivity contribution in [2.24, 2.45) is 7.05 Å². The van der Waals surface area contributed by atoms with E-state index in [1.165, 1.54) is 5.56 Å². The zero-order chi connectivity index (χ0) is 15.5. The van der Waals surface area contributed by atoms with Crippen molar-refractivity contribution in [1.82, 2.24) is 9.55 Å². The average Bonchev–Trinajstić information content (AvgIpc) is 2.81. The van der Waals surface area contributed by atoms with Crippen molar-refractivity contribution in [3.8, 4) is 0 Å². The lowest BCUT2D eigenvalue weighted by Crippen LogP contribution is -2.00. The summed E-state index contributed by atoms with van der Waals surface area (Å²) in [5, 5.41) is 8.88. The van der Waals surface area contributed by atoms with E-state index in [0.29, 0.717) is 0 Å². The second kappa shape index (κ2) is 6.02. The Morgan fingerprint density at radius 1 is 1.09 bits per heavy atom. The first-order chi connectivity index (χ1) is 10.6. The lowest BCUT2D eigenvalue weighted by molar-refractivity contribution is -0.136. The van der Waals surface area contributed by atoms with Crippen LogP contribution < -0.4 is 0 Å². The molecule has 1 N–H and O–H groups in total. The molecule has 4 heteroatoms. The predicted molar refractivity (Wildman–Crippen MR) is 85.9 cm³/mol. The highest BCUT2D eigenvalue weighted by Crippen LogP contribution is 2.18. The van der Waals surface area contributed by atoms with Crippen LogP contribution in [0.25, 0.3) is 11.0 Å². The molecule has 0 saturated carbocycles. The van der Waals surface area contributed by atoms with E-state index in [1.807, 2.05) is 43.4 Å². The van der Waals surface area contributed by atoms with Crippen LogP contribution in [0, 0.1) is 0 Å². The number of aryl methyl sites for hydroxylation is 3. The van der Waals surface area contributed by atoms with Gasteiger partial charge in [0.2, 0.25) is 0 Å². The number of hydrogen-bond donors (Lipinski definition) is 1. The number of rotatable bonds is 5. The fourth-order valence-electron chi connectivity index (χ4n) is 2.70. The van der Waals surface area contributed by atoms with Crippen molar-refractivity contribution in [3.63, 3.8) is 0 Å². The summed E-state index contributed by atoms with van der Waals surface area (Å²) >= 11 is 0. The van der Waals surface area contributed by atoms with E-state index in [2.05, 4.69) is 21.7 Å². The van der Waals surface area contributed by atoms with Gasteiger partial charge in [-0.15, -0.1) is 0 Å². The normalized spacial score (nSPS) is 11.0. The van der Waals surface area contributed by atoms with E-state index < -0.39 is 5.97 Å². The standard InChI is InChI=1S/C18H18N2O2/c1-20-16-9-7-14(12-18(21)22)11-15(16)19-17(20)10-8-13-5-3-2-4-6-13/h2-7,9,11H,8,10,12H2,1H3,(H,21,22). The Morgan fingerprint density at radius 2 is 1.86 bits per heavy atom. The van der Waals surface area contributed by atoms with Gasteiger partial charge in [0.25, 0.3) is 0 Å². The fraction of sp³-hybridized carbons (Fsp3) is 0.222. The van der Waals surface area contributed by atoms with Crippen LogP contribution in [0.15, 0.2) is 48.5 Å². The molecule has 22 heavy (non-hydrogen) atoms. The van der Waals surface area contributed by atoms with Gasteiger partial charge in [-0.1, -0.05) is 36.4 Å². The second-order valence-corrected chi connectivity index (χ2v) is 5.47. The quantitative estimate of drug-likeness (QED) is 0.787. The number of nitrogens with zero attached hydrogens (tertiary/aromatic N) is 2. The molecular formula is C18H18N2O2. The zero-order valence-electron chi connectivity index (χ0n) is 12.5. The monoisotopic (exact) mass is 294 g/mol. The summed E-state index contributed by atoms with van der Waals surface area (Å²) in [7, 11) is 2.01. The van der Waals surface area contributed by atoms with Crippen LogP contribution in [0.1, 0.15) is 17.0 Å². The molecule has 1 heterocycles. The molecule has 0 atom stereocenters. The van der Waals surface area contributed by atoms with E-state index >= 15 is 0 Å². The molecule has 0 aliphatic carbocycles. The van der Waals surface area contributed by atoms with Crippen LogP contribution in [0.4, 0.5) is 0 Å². The summed E-state index contributed by atoms with van der Waals surface area (Å²) in [5.74, 6) is 0.200. The van der Waals surface area contributed by atoms with Gasteiger partial charge in [-0.05, 0) is 29.7 Å². The molecule has 1 aromatic heterocycles. The minimum atomic E-state index is -0.820. The third-order valence-electron chi connectivity index (χ3n) is 3.87. The summed E-state index contributed by atoms with van der Waals surface area (Å²) in [6, 6.07) is 16.0. The molecule has 0 spiro atoms. The Bertz CT molecular complexity index is 807. The van der Waals surface area contributed by atoms with E-state index in [1.54, 1.807) is 0 Å². The lowest BCUT2D eigenvalue weighted by atomic mass is 10.1. The van der Waals surface area contributed by atoms with Gasteiger partial charge in [-0.3, -0.25) is 4.79 Å². The molecule has 0 saturated heterocycles. The summed E-state index contributed by atoms with van der Waals surface area (Å²) in [6.45, 7) is 0. The Balaban J connectivity index is 1.84. The summed E-state index contributed by atoms with van der Waals surface area (Å²) in [5.41, 5.74) is 3.98. The van der Waals surface area contributed by atoms with Crippen molar-refractivity contribution in [3.05, 3.63) is 65.5 Å². The molecule has 0 amide bonds. The number of imidazole rings is 1. The van der Waals surface area contributed by atoms with Gasteiger partial charge in [-0.2, -0.15) is 0 Å². The molecule has 0 aliphatic rings. The van der Waals surface area contributed by atoms with Crippen LogP contribution in [0.3, 0.4) is 0 Å². The highest BCUT2D eigenvalue weighted by atomic mass is 16.4. The third kappa shape index (κ3) is 3.01. The van der Waals surface area contributed by atoms with Crippen molar-refractivity contribution < 1.29 is 9.90 Å². The molecule has 0 bridgehead atoms. The summed E-state index contributed by atoms with van der Waals surface area (Å²) in [6.07, 6.45) is 1.84. The molecule has 0 radical (unpaired) electrons. The summed E-state index contributed by atoms with van der Waals surface area (Å²) in [4.78, 5) is 15.5. The number of benzene rings is 2. The molecule has 3 aromatic rings. The number of fused-ring (bicyclic) bond motifs is 1. The summed E-state index contributed by atoms with van der Waals surface area (Å²) < 4.78 is 2.09. The lowest BCUT2D eigenvalue weighted by Gasteiger charge is -2.03. The number of aromatic nitrogens is 2. The minimum absolute atomic E-state index is 0.0336. The smallest absolute Gasteiger partial charge is 0.307 e. The fourth-order valence-corrected chi connectivity index (χ4v) is 2.70. The van der Waals surface area contributed by atoms with Crippen molar-refractivity contribution in [2.45, 2.75) is 19.3 Å². The highest BCUT2D eigenvalue weighted by Gasteiger charge is 2.09. The minimum Gasteiger partial charge on any atom is -0.481 e. The second-order valence-electron chi connectivity index (χ2n) is 5.47. The first kappa shape index (κ1) is 14.3. The Hall–Kier alpha value is -2.62. The van der Waals surface area contributed by atoms with Crippen LogP contribution in [0.2, 0.25) is 0 Å². The maximum absolute atomic E-state index is 10.8. The van der Waals surface area contributed by atoms with Gasteiger partial charge in [0.15, 0.2) is 0 Å². The maximum Gasteiger partial charge on any atom is 0.307 e. The first-order valence-electron chi connectivity index (χ1n) is 7.33. The maximum atomic E-state index is 10.8. The van der Waals surface area contributed by atoms with Crippen LogP contribution in [-0.4, -0.2) is 20.6 Å². The van der Waals surface area contributed by atoms with Gasteiger partial charge in [0.05, 0.1) is 17.5 Å². The number of carboxylic acids is 1. The zero-order valence-corrected chi connectivity index (χ0v) is 12.5. The van der Waals surface area contributed by atoms with Gasteiger partial charge in [0.1, 0.15) is 5.82 Å². The number of aliphatic carboxylic acids is 1. The van der Waals surface area contributed by atoms with Gasteiger partial charge < -0.3 is 9.67 Å². The third-order valence-corrected chi connectivity index (χ3v) is 3.87. The van der Waals surface area contributed by atoms with Crippen LogP contribution in [-0.2, 0) is 31.1 Å². The van der Waals surface area contributed by atoms with E-state index in [4.69, 9.17) is 5.11 Å². The highest BCUT2D eigenvalue weighted by molar-refractivity contribution is 5.79. The molecular weight excluding hydrogens is 276 g/mol. The molecule has 2 aromatic carbocycles.